The van der Waals surface area contributed by atoms with Crippen molar-refractivity contribution in [3.63, 3.8) is 0 Å². The molecule has 1 N–H and O–H groups in total. The van der Waals surface area contributed by atoms with Gasteiger partial charge in [0.15, 0.2) is 11.5 Å². The van der Waals surface area contributed by atoms with E-state index in [2.05, 4.69) is 17.2 Å². The molecule has 0 spiro atoms. The Kier molecular flexibility index (Phi) is 7.97. The monoisotopic (exact) mass is 494 g/mol. The zero-order valence-electron chi connectivity index (χ0n) is 20.4. The first-order valence-corrected chi connectivity index (χ1v) is 12.6. The van der Waals surface area contributed by atoms with Crippen LogP contribution < -0.4 is 14.8 Å². The number of thioether (sulfide) groups is 1. The second-order valence-corrected chi connectivity index (χ2v) is 9.04. The van der Waals surface area contributed by atoms with Crippen LogP contribution in [0.4, 0.5) is 5.95 Å². The van der Waals surface area contributed by atoms with Crippen LogP contribution in [0.1, 0.15) is 44.4 Å². The predicted octanol–water partition coefficient (Wildman–Crippen LogP) is 5.22. The lowest BCUT2D eigenvalue weighted by atomic mass is 9.95. The predicted molar refractivity (Wildman–Crippen MR) is 136 cm³/mol. The summed E-state index contributed by atoms with van der Waals surface area (Å²) >= 11 is 1.58. The van der Waals surface area contributed by atoms with Gasteiger partial charge in [0.2, 0.25) is 11.1 Å². The second-order valence-electron chi connectivity index (χ2n) is 7.98. The minimum atomic E-state index is -0.539. The Hall–Kier alpha value is -3.46. The van der Waals surface area contributed by atoms with Crippen molar-refractivity contribution in [3.8, 4) is 11.5 Å². The molecular formula is C26H30N4O4S. The van der Waals surface area contributed by atoms with Crippen molar-refractivity contribution < 1.29 is 19.0 Å². The van der Waals surface area contributed by atoms with Gasteiger partial charge in [0, 0.05) is 11.4 Å². The number of ether oxygens (including phenoxy) is 3. The van der Waals surface area contributed by atoms with Crippen LogP contribution in [-0.2, 0) is 16.1 Å². The summed E-state index contributed by atoms with van der Waals surface area (Å²) in [6, 6.07) is 14.7. The van der Waals surface area contributed by atoms with E-state index in [4.69, 9.17) is 19.3 Å². The van der Waals surface area contributed by atoms with Crippen molar-refractivity contribution in [2.75, 3.05) is 24.8 Å². The first-order chi connectivity index (χ1) is 17.0. The van der Waals surface area contributed by atoms with Crippen LogP contribution in [-0.4, -0.2) is 40.2 Å². The number of benzene rings is 2. The molecule has 35 heavy (non-hydrogen) atoms. The number of esters is 1. The van der Waals surface area contributed by atoms with E-state index >= 15 is 0 Å². The molecule has 0 saturated heterocycles. The summed E-state index contributed by atoms with van der Waals surface area (Å²) in [5.74, 6) is 2.29. The van der Waals surface area contributed by atoms with E-state index in [1.807, 2.05) is 62.4 Å². The van der Waals surface area contributed by atoms with Crippen molar-refractivity contribution in [2.45, 2.75) is 45.0 Å². The van der Waals surface area contributed by atoms with Crippen molar-refractivity contribution in [3.05, 3.63) is 70.9 Å². The molecule has 0 radical (unpaired) electrons. The molecule has 0 fully saturated rings. The minimum Gasteiger partial charge on any atom is -0.493 e. The lowest BCUT2D eigenvalue weighted by molar-refractivity contribution is -0.140. The number of hydrogen-bond acceptors (Lipinski definition) is 8. The molecule has 0 amide bonds. The van der Waals surface area contributed by atoms with Gasteiger partial charge in [0.25, 0.3) is 0 Å². The smallest absolute Gasteiger partial charge is 0.338 e. The van der Waals surface area contributed by atoms with Crippen molar-refractivity contribution in [1.29, 1.82) is 0 Å². The highest BCUT2D eigenvalue weighted by Gasteiger charge is 2.35. The Bertz CT molecular complexity index is 1210. The largest absolute Gasteiger partial charge is 0.493 e. The Balaban J connectivity index is 1.73. The second kappa shape index (κ2) is 11.3. The van der Waals surface area contributed by atoms with Crippen LogP contribution in [0.2, 0.25) is 0 Å². The SMILES string of the molecule is CCCSc1nc2n(n1)C(c1ccc(OCC)c(OC)c1)C(C(=O)OCc1ccccc1)=C(C)N2. The van der Waals surface area contributed by atoms with E-state index in [1.165, 1.54) is 0 Å². The Morgan fingerprint density at radius 1 is 1.14 bits per heavy atom. The van der Waals surface area contributed by atoms with Gasteiger partial charge >= 0.3 is 5.97 Å². The molecule has 1 atom stereocenters. The number of rotatable bonds is 10. The fourth-order valence-electron chi connectivity index (χ4n) is 3.89. The number of anilines is 1. The molecule has 1 aliphatic heterocycles. The summed E-state index contributed by atoms with van der Waals surface area (Å²) in [7, 11) is 1.60. The highest BCUT2D eigenvalue weighted by atomic mass is 32.2. The number of nitrogens with one attached hydrogen (secondary N) is 1. The number of allylic oxidation sites excluding steroid dienone is 1. The van der Waals surface area contributed by atoms with E-state index in [0.717, 1.165) is 23.3 Å². The van der Waals surface area contributed by atoms with Crippen molar-refractivity contribution >= 4 is 23.7 Å². The molecule has 2 heterocycles. The van der Waals surface area contributed by atoms with Gasteiger partial charge in [-0.05, 0) is 43.5 Å². The first-order valence-electron chi connectivity index (χ1n) is 11.6. The summed E-state index contributed by atoms with van der Waals surface area (Å²) < 4.78 is 18.8. The quantitative estimate of drug-likeness (QED) is 0.303. The van der Waals surface area contributed by atoms with Gasteiger partial charge in [-0.2, -0.15) is 4.98 Å². The molecule has 4 rings (SSSR count). The minimum absolute atomic E-state index is 0.178. The van der Waals surface area contributed by atoms with Gasteiger partial charge < -0.3 is 19.5 Å². The van der Waals surface area contributed by atoms with Gasteiger partial charge in [-0.1, -0.05) is 55.1 Å². The highest BCUT2D eigenvalue weighted by Crippen LogP contribution is 2.40. The van der Waals surface area contributed by atoms with E-state index < -0.39 is 12.0 Å². The summed E-state index contributed by atoms with van der Waals surface area (Å²) in [6.45, 7) is 6.59. The first kappa shape index (κ1) is 24.7. The van der Waals surface area contributed by atoms with Crippen LogP contribution in [0.15, 0.2) is 65.0 Å². The van der Waals surface area contributed by atoms with Gasteiger partial charge in [0.1, 0.15) is 12.6 Å². The van der Waals surface area contributed by atoms with E-state index in [0.29, 0.717) is 40.5 Å². The van der Waals surface area contributed by atoms with E-state index in [1.54, 1.807) is 23.6 Å². The third-order valence-corrected chi connectivity index (χ3v) is 6.55. The molecule has 1 unspecified atom stereocenters. The number of carbonyl (C=O) groups excluding carboxylic acids is 1. The maximum absolute atomic E-state index is 13.4. The Morgan fingerprint density at radius 3 is 2.66 bits per heavy atom. The fourth-order valence-corrected chi connectivity index (χ4v) is 4.57. The molecule has 0 aliphatic carbocycles. The molecule has 1 aliphatic rings. The lowest BCUT2D eigenvalue weighted by Gasteiger charge is -2.28. The molecule has 1 aromatic heterocycles. The molecule has 8 nitrogen and oxygen atoms in total. The van der Waals surface area contributed by atoms with Crippen molar-refractivity contribution in [2.24, 2.45) is 0 Å². The zero-order chi connectivity index (χ0) is 24.8. The molecule has 0 bridgehead atoms. The summed E-state index contributed by atoms with van der Waals surface area (Å²) in [6.07, 6.45) is 1.01. The van der Waals surface area contributed by atoms with Crippen LogP contribution in [0.5, 0.6) is 11.5 Å². The number of nitrogens with zero attached hydrogens (tertiary/aromatic N) is 3. The number of hydrogen-bond donors (Lipinski definition) is 1. The van der Waals surface area contributed by atoms with E-state index in [9.17, 15) is 4.79 Å². The molecular weight excluding hydrogens is 464 g/mol. The third-order valence-electron chi connectivity index (χ3n) is 5.50. The molecule has 9 heteroatoms. The van der Waals surface area contributed by atoms with E-state index in [-0.39, 0.29) is 6.61 Å². The topological polar surface area (TPSA) is 87.5 Å². The summed E-state index contributed by atoms with van der Waals surface area (Å²) in [4.78, 5) is 18.1. The van der Waals surface area contributed by atoms with Crippen LogP contribution in [0.3, 0.4) is 0 Å². The Labute approximate surface area is 209 Å². The standard InChI is InChI=1S/C26H30N4O4S/c1-5-14-35-26-28-25-27-17(3)22(24(31)34-16-18-10-8-7-9-11-18)23(30(25)29-26)19-12-13-20(33-6-2)21(15-19)32-4/h7-13,15,23H,5-6,14,16H2,1-4H3,(H,27,28,29). The summed E-state index contributed by atoms with van der Waals surface area (Å²) in [5.41, 5.74) is 2.88. The number of aromatic nitrogens is 3. The van der Waals surface area contributed by atoms with Crippen molar-refractivity contribution in [1.82, 2.24) is 14.8 Å². The summed E-state index contributed by atoms with van der Waals surface area (Å²) in [5, 5.41) is 8.64. The highest BCUT2D eigenvalue weighted by molar-refractivity contribution is 7.99. The van der Waals surface area contributed by atoms with Gasteiger partial charge in [-0.25, -0.2) is 9.48 Å². The lowest BCUT2D eigenvalue weighted by Crippen LogP contribution is -2.29. The fraction of sp³-hybridized carbons (Fsp3) is 0.346. The maximum Gasteiger partial charge on any atom is 0.338 e. The normalized spacial score (nSPS) is 14.8. The number of fused-ring (bicyclic) bond motifs is 1. The van der Waals surface area contributed by atoms with Crippen LogP contribution in [0.25, 0.3) is 0 Å². The number of carbonyl (C=O) groups is 1. The average molecular weight is 495 g/mol. The average Bonchev–Trinajstić information content (AvgIpc) is 3.28. The van der Waals surface area contributed by atoms with Gasteiger partial charge in [0.05, 0.1) is 19.3 Å². The Morgan fingerprint density at radius 2 is 1.94 bits per heavy atom. The molecule has 3 aromatic rings. The molecule has 2 aromatic carbocycles. The van der Waals surface area contributed by atoms with Crippen LogP contribution >= 0.6 is 11.8 Å². The molecule has 0 saturated carbocycles. The zero-order valence-corrected chi connectivity index (χ0v) is 21.2. The maximum atomic E-state index is 13.4. The van der Waals surface area contributed by atoms with Crippen LogP contribution in [0, 0.1) is 0 Å². The third kappa shape index (κ3) is 5.45. The van der Waals surface area contributed by atoms with Gasteiger partial charge in [-0.15, -0.1) is 5.10 Å². The van der Waals surface area contributed by atoms with Gasteiger partial charge in [-0.3, -0.25) is 0 Å². The number of methoxy groups -OCH3 is 1. The molecule has 184 valence electrons.